The van der Waals surface area contributed by atoms with Crippen LogP contribution in [0.1, 0.15) is 17.7 Å². The molecule has 0 saturated carbocycles. The Kier molecular flexibility index (Phi) is 3.84. The molecule has 1 aliphatic rings. The van der Waals surface area contributed by atoms with Crippen LogP contribution in [0.25, 0.3) is 0 Å². The van der Waals surface area contributed by atoms with Crippen LogP contribution in [0.2, 0.25) is 0 Å². The van der Waals surface area contributed by atoms with Crippen molar-refractivity contribution in [3.8, 4) is 0 Å². The van der Waals surface area contributed by atoms with E-state index in [0.29, 0.717) is 6.54 Å². The standard InChI is InChI=1S/C11H14N2O3S2/c12-18(15,16)10-6-5-9(17-10)7-13-11(14)8-3-1-2-4-8/h1-2,5-6,8H,3-4,7H2,(H,13,14)(H2,12,15,16). The largest absolute Gasteiger partial charge is 0.351 e. The van der Waals surface area contributed by atoms with Gasteiger partial charge < -0.3 is 5.32 Å². The Labute approximate surface area is 110 Å². The third-order valence-electron chi connectivity index (χ3n) is 2.73. The van der Waals surface area contributed by atoms with Crippen molar-refractivity contribution in [1.29, 1.82) is 0 Å². The van der Waals surface area contributed by atoms with Gasteiger partial charge in [-0.15, -0.1) is 11.3 Å². The van der Waals surface area contributed by atoms with Gasteiger partial charge >= 0.3 is 0 Å². The summed E-state index contributed by atoms with van der Waals surface area (Å²) in [6.07, 6.45) is 5.54. The molecule has 0 aromatic carbocycles. The van der Waals surface area contributed by atoms with E-state index in [9.17, 15) is 13.2 Å². The number of carbonyl (C=O) groups is 1. The SMILES string of the molecule is NS(=O)(=O)c1ccc(CNC(=O)C2CC=CC2)s1. The predicted molar refractivity (Wildman–Crippen MR) is 69.4 cm³/mol. The molecule has 18 heavy (non-hydrogen) atoms. The van der Waals surface area contributed by atoms with Crippen molar-refractivity contribution in [2.75, 3.05) is 0 Å². The number of rotatable bonds is 4. The van der Waals surface area contributed by atoms with E-state index in [1.54, 1.807) is 6.07 Å². The summed E-state index contributed by atoms with van der Waals surface area (Å²) < 4.78 is 22.3. The molecule has 0 saturated heterocycles. The molecule has 1 aromatic heterocycles. The maximum atomic E-state index is 11.7. The molecule has 0 fully saturated rings. The fourth-order valence-corrected chi connectivity index (χ4v) is 3.47. The summed E-state index contributed by atoms with van der Waals surface area (Å²) in [7, 11) is -3.64. The van der Waals surface area contributed by atoms with E-state index in [4.69, 9.17) is 5.14 Å². The Morgan fingerprint density at radius 1 is 1.39 bits per heavy atom. The molecule has 1 heterocycles. The summed E-state index contributed by atoms with van der Waals surface area (Å²) in [4.78, 5) is 12.5. The van der Waals surface area contributed by atoms with Gasteiger partial charge in [0.2, 0.25) is 15.9 Å². The summed E-state index contributed by atoms with van der Waals surface area (Å²) in [5.74, 6) is 0.0215. The molecule has 98 valence electrons. The van der Waals surface area contributed by atoms with Gasteiger partial charge in [-0.25, -0.2) is 13.6 Å². The first-order valence-electron chi connectivity index (χ1n) is 5.51. The van der Waals surface area contributed by atoms with Gasteiger partial charge in [-0.3, -0.25) is 4.79 Å². The first-order valence-corrected chi connectivity index (χ1v) is 7.87. The second-order valence-electron chi connectivity index (χ2n) is 4.12. The van der Waals surface area contributed by atoms with Gasteiger partial charge in [-0.1, -0.05) is 12.2 Å². The van der Waals surface area contributed by atoms with E-state index in [2.05, 4.69) is 5.32 Å². The molecular formula is C11H14N2O3S2. The first kappa shape index (κ1) is 13.3. The van der Waals surface area contributed by atoms with Crippen molar-refractivity contribution in [3.63, 3.8) is 0 Å². The van der Waals surface area contributed by atoms with Crippen LogP contribution in [0.15, 0.2) is 28.5 Å². The Morgan fingerprint density at radius 2 is 2.06 bits per heavy atom. The fraction of sp³-hybridized carbons (Fsp3) is 0.364. The monoisotopic (exact) mass is 286 g/mol. The fourth-order valence-electron chi connectivity index (χ4n) is 1.76. The van der Waals surface area contributed by atoms with E-state index in [0.717, 1.165) is 29.1 Å². The average molecular weight is 286 g/mol. The molecule has 0 atom stereocenters. The number of nitrogens with two attached hydrogens (primary N) is 1. The number of primary sulfonamides is 1. The van der Waals surface area contributed by atoms with Crippen LogP contribution in [0.4, 0.5) is 0 Å². The quantitative estimate of drug-likeness (QED) is 0.808. The van der Waals surface area contributed by atoms with Gasteiger partial charge in [0.25, 0.3) is 0 Å². The lowest BCUT2D eigenvalue weighted by molar-refractivity contribution is -0.124. The van der Waals surface area contributed by atoms with E-state index < -0.39 is 10.0 Å². The number of sulfonamides is 1. The number of hydrogen-bond acceptors (Lipinski definition) is 4. The van der Waals surface area contributed by atoms with E-state index in [1.165, 1.54) is 6.07 Å². The van der Waals surface area contributed by atoms with Crippen molar-refractivity contribution in [3.05, 3.63) is 29.2 Å². The molecular weight excluding hydrogens is 272 g/mol. The number of thiophene rings is 1. The van der Waals surface area contributed by atoms with Crippen molar-refractivity contribution < 1.29 is 13.2 Å². The third-order valence-corrected chi connectivity index (χ3v) is 5.26. The Bertz CT molecular complexity index is 567. The van der Waals surface area contributed by atoms with Crippen LogP contribution in [0, 0.1) is 5.92 Å². The number of hydrogen-bond donors (Lipinski definition) is 2. The predicted octanol–water partition coefficient (Wildman–Crippen LogP) is 0.978. The molecule has 0 bridgehead atoms. The zero-order chi connectivity index (χ0) is 13.2. The zero-order valence-electron chi connectivity index (χ0n) is 9.63. The summed E-state index contributed by atoms with van der Waals surface area (Å²) in [6.45, 7) is 0.343. The lowest BCUT2D eigenvalue weighted by Crippen LogP contribution is -2.28. The van der Waals surface area contributed by atoms with Crippen LogP contribution in [-0.4, -0.2) is 14.3 Å². The molecule has 5 nitrogen and oxygen atoms in total. The van der Waals surface area contributed by atoms with Crippen molar-refractivity contribution in [1.82, 2.24) is 5.32 Å². The lowest BCUT2D eigenvalue weighted by Gasteiger charge is -2.09. The molecule has 3 N–H and O–H groups in total. The zero-order valence-corrected chi connectivity index (χ0v) is 11.3. The smallest absolute Gasteiger partial charge is 0.247 e. The number of amides is 1. The molecule has 0 radical (unpaired) electrons. The van der Waals surface area contributed by atoms with Crippen LogP contribution < -0.4 is 10.5 Å². The second kappa shape index (κ2) is 5.21. The summed E-state index contributed by atoms with van der Waals surface area (Å²) in [5, 5.41) is 7.81. The Morgan fingerprint density at radius 3 is 2.61 bits per heavy atom. The van der Waals surface area contributed by atoms with Gasteiger partial charge in [0.15, 0.2) is 0 Å². The molecule has 0 aliphatic heterocycles. The topological polar surface area (TPSA) is 89.3 Å². The highest BCUT2D eigenvalue weighted by Gasteiger charge is 2.19. The first-order chi connectivity index (χ1) is 8.47. The normalized spacial score (nSPS) is 16.1. The van der Waals surface area contributed by atoms with Crippen LogP contribution in [0.5, 0.6) is 0 Å². The second-order valence-corrected chi connectivity index (χ2v) is 7.08. The van der Waals surface area contributed by atoms with E-state index >= 15 is 0 Å². The Hall–Kier alpha value is -1.18. The minimum atomic E-state index is -3.64. The molecule has 1 amide bonds. The Balaban J connectivity index is 1.90. The van der Waals surface area contributed by atoms with Crippen LogP contribution in [-0.2, 0) is 21.4 Å². The third kappa shape index (κ3) is 3.18. The van der Waals surface area contributed by atoms with Gasteiger partial charge in [0.1, 0.15) is 4.21 Å². The van der Waals surface area contributed by atoms with E-state index in [1.807, 2.05) is 12.2 Å². The van der Waals surface area contributed by atoms with E-state index in [-0.39, 0.29) is 16.0 Å². The molecule has 1 aliphatic carbocycles. The van der Waals surface area contributed by atoms with Gasteiger partial charge in [0, 0.05) is 10.8 Å². The maximum absolute atomic E-state index is 11.7. The number of nitrogens with one attached hydrogen (secondary N) is 1. The number of carbonyl (C=O) groups excluding carboxylic acids is 1. The molecule has 7 heteroatoms. The van der Waals surface area contributed by atoms with Gasteiger partial charge in [-0.2, -0.15) is 0 Å². The van der Waals surface area contributed by atoms with Gasteiger partial charge in [-0.05, 0) is 25.0 Å². The maximum Gasteiger partial charge on any atom is 0.247 e. The highest BCUT2D eigenvalue weighted by Crippen LogP contribution is 2.21. The molecule has 0 spiro atoms. The summed E-state index contributed by atoms with van der Waals surface area (Å²) >= 11 is 1.08. The molecule has 1 aromatic rings. The van der Waals surface area contributed by atoms with Crippen LogP contribution >= 0.6 is 11.3 Å². The summed E-state index contributed by atoms with van der Waals surface area (Å²) in [6, 6.07) is 3.12. The van der Waals surface area contributed by atoms with Crippen molar-refractivity contribution >= 4 is 27.3 Å². The minimum Gasteiger partial charge on any atom is -0.351 e. The lowest BCUT2D eigenvalue weighted by atomic mass is 10.1. The molecule has 2 rings (SSSR count). The van der Waals surface area contributed by atoms with Crippen LogP contribution in [0.3, 0.4) is 0 Å². The number of allylic oxidation sites excluding steroid dienone is 2. The summed E-state index contributed by atoms with van der Waals surface area (Å²) in [5.41, 5.74) is 0. The highest BCUT2D eigenvalue weighted by atomic mass is 32.2. The van der Waals surface area contributed by atoms with Crippen molar-refractivity contribution in [2.24, 2.45) is 11.1 Å². The average Bonchev–Trinajstić information content (AvgIpc) is 2.96. The molecule has 0 unspecified atom stereocenters. The van der Waals surface area contributed by atoms with Gasteiger partial charge in [0.05, 0.1) is 6.54 Å². The highest BCUT2D eigenvalue weighted by molar-refractivity contribution is 7.91. The van der Waals surface area contributed by atoms with Crippen molar-refractivity contribution in [2.45, 2.75) is 23.6 Å². The minimum absolute atomic E-state index is 0.00514.